The standard InChI is InChI=1S/C23H29N9O2/c1-6-31-14(3)17(10-26-31)20-28-19-21(29(20)5)24-13-25-22(19)34-16-8-9-30(12-16)23(33)18-11-27-32(7-2)15(18)4/h10-11,13,16H,6-9,12H2,1-5H3/t16-/m0/s1. The minimum absolute atomic E-state index is 0.0142. The van der Waals surface area contributed by atoms with Crippen molar-refractivity contribution in [3.63, 3.8) is 0 Å². The fourth-order valence-electron chi connectivity index (χ4n) is 4.60. The molecular weight excluding hydrogens is 434 g/mol. The number of amides is 1. The average molecular weight is 464 g/mol. The van der Waals surface area contributed by atoms with Crippen LogP contribution in [0, 0.1) is 13.8 Å². The quantitative estimate of drug-likeness (QED) is 0.432. The SMILES string of the molecule is CCn1ncc(C(=O)N2CC[C@H](Oc3ncnc4c3nc(-c3cnn(CC)c3C)n4C)C2)c1C. The van der Waals surface area contributed by atoms with Crippen LogP contribution in [0.25, 0.3) is 22.6 Å². The van der Waals surface area contributed by atoms with Crippen LogP contribution in [0.4, 0.5) is 0 Å². The second kappa shape index (κ2) is 8.54. The molecular formula is C23H29N9O2. The van der Waals surface area contributed by atoms with Gasteiger partial charge in [-0.25, -0.2) is 9.97 Å². The molecule has 11 nitrogen and oxygen atoms in total. The first kappa shape index (κ1) is 22.1. The van der Waals surface area contributed by atoms with Crippen LogP contribution in [-0.4, -0.2) is 69.1 Å². The second-order valence-corrected chi connectivity index (χ2v) is 8.54. The van der Waals surface area contributed by atoms with Gasteiger partial charge < -0.3 is 14.2 Å². The molecule has 0 radical (unpaired) electrons. The molecule has 4 aromatic rings. The Hall–Kier alpha value is -3.76. The van der Waals surface area contributed by atoms with Crippen LogP contribution >= 0.6 is 0 Å². The van der Waals surface area contributed by atoms with Crippen molar-refractivity contribution < 1.29 is 9.53 Å². The number of aryl methyl sites for hydroxylation is 3. The Balaban J connectivity index is 1.38. The Morgan fingerprint density at radius 2 is 1.82 bits per heavy atom. The summed E-state index contributed by atoms with van der Waals surface area (Å²) in [5.41, 5.74) is 4.82. The molecule has 1 aliphatic rings. The molecule has 1 atom stereocenters. The molecule has 4 aromatic heterocycles. The number of hydrogen-bond acceptors (Lipinski definition) is 7. The van der Waals surface area contributed by atoms with Gasteiger partial charge in [0.15, 0.2) is 11.2 Å². The lowest BCUT2D eigenvalue weighted by atomic mass is 10.2. The van der Waals surface area contributed by atoms with Crippen molar-refractivity contribution in [1.82, 2.24) is 44.0 Å². The minimum Gasteiger partial charge on any atom is -0.471 e. The van der Waals surface area contributed by atoms with Gasteiger partial charge in [-0.1, -0.05) is 0 Å². The van der Waals surface area contributed by atoms with E-state index in [0.717, 1.165) is 42.3 Å². The monoisotopic (exact) mass is 463 g/mol. The van der Waals surface area contributed by atoms with Crippen molar-refractivity contribution in [2.24, 2.45) is 7.05 Å². The number of carbonyl (C=O) groups is 1. The second-order valence-electron chi connectivity index (χ2n) is 8.54. The van der Waals surface area contributed by atoms with Gasteiger partial charge in [0.05, 0.1) is 30.1 Å². The van der Waals surface area contributed by atoms with E-state index >= 15 is 0 Å². The maximum Gasteiger partial charge on any atom is 0.257 e. The molecule has 1 fully saturated rings. The molecule has 0 spiro atoms. The van der Waals surface area contributed by atoms with Crippen molar-refractivity contribution in [3.05, 3.63) is 35.7 Å². The normalized spacial score (nSPS) is 16.0. The minimum atomic E-state index is -0.168. The number of rotatable bonds is 6. The fraction of sp³-hybridized carbons (Fsp3) is 0.478. The Bertz CT molecular complexity index is 1370. The zero-order valence-corrected chi connectivity index (χ0v) is 20.2. The van der Waals surface area contributed by atoms with Gasteiger partial charge in [0.25, 0.3) is 5.91 Å². The van der Waals surface area contributed by atoms with Gasteiger partial charge in [-0.3, -0.25) is 14.2 Å². The van der Waals surface area contributed by atoms with Crippen molar-refractivity contribution >= 4 is 17.1 Å². The Morgan fingerprint density at radius 1 is 1.09 bits per heavy atom. The molecule has 34 heavy (non-hydrogen) atoms. The van der Waals surface area contributed by atoms with E-state index < -0.39 is 0 Å². The predicted octanol–water partition coefficient (Wildman–Crippen LogP) is 2.37. The number of fused-ring (bicyclic) bond motifs is 1. The van der Waals surface area contributed by atoms with Crippen molar-refractivity contribution in [2.45, 2.75) is 53.3 Å². The smallest absolute Gasteiger partial charge is 0.257 e. The summed E-state index contributed by atoms with van der Waals surface area (Å²) in [5.74, 6) is 1.19. The highest BCUT2D eigenvalue weighted by Gasteiger charge is 2.31. The summed E-state index contributed by atoms with van der Waals surface area (Å²) in [6.45, 7) is 10.7. The molecule has 1 amide bonds. The summed E-state index contributed by atoms with van der Waals surface area (Å²) in [7, 11) is 1.93. The zero-order chi connectivity index (χ0) is 24.0. The van der Waals surface area contributed by atoms with Gasteiger partial charge >= 0.3 is 0 Å². The molecule has 0 N–H and O–H groups in total. The molecule has 0 saturated carbocycles. The first-order chi connectivity index (χ1) is 16.4. The van der Waals surface area contributed by atoms with Crippen molar-refractivity contribution in [3.8, 4) is 17.3 Å². The van der Waals surface area contributed by atoms with Gasteiger partial charge in [0.2, 0.25) is 5.88 Å². The van der Waals surface area contributed by atoms with Gasteiger partial charge in [-0.2, -0.15) is 15.2 Å². The summed E-state index contributed by atoms with van der Waals surface area (Å²) in [4.78, 5) is 28.5. The Morgan fingerprint density at radius 3 is 2.53 bits per heavy atom. The maximum atomic E-state index is 13.0. The van der Waals surface area contributed by atoms with E-state index in [4.69, 9.17) is 9.72 Å². The maximum absolute atomic E-state index is 13.0. The van der Waals surface area contributed by atoms with Crippen LogP contribution in [0.2, 0.25) is 0 Å². The van der Waals surface area contributed by atoms with E-state index in [2.05, 4.69) is 27.1 Å². The Labute approximate surface area is 197 Å². The number of hydrogen-bond donors (Lipinski definition) is 0. The van der Waals surface area contributed by atoms with Gasteiger partial charge in [-0.05, 0) is 27.7 Å². The lowest BCUT2D eigenvalue weighted by Crippen LogP contribution is -2.31. The van der Waals surface area contributed by atoms with E-state index in [1.54, 1.807) is 6.20 Å². The summed E-state index contributed by atoms with van der Waals surface area (Å²) in [5, 5.41) is 8.74. The number of ether oxygens (including phenoxy) is 1. The van der Waals surface area contributed by atoms with Crippen LogP contribution in [0.5, 0.6) is 5.88 Å². The molecule has 0 unspecified atom stereocenters. The third-order valence-corrected chi connectivity index (χ3v) is 6.61. The first-order valence-electron chi connectivity index (χ1n) is 11.6. The van der Waals surface area contributed by atoms with Crippen molar-refractivity contribution in [1.29, 1.82) is 0 Å². The van der Waals surface area contributed by atoms with E-state index in [0.29, 0.717) is 35.7 Å². The van der Waals surface area contributed by atoms with Crippen LogP contribution < -0.4 is 4.74 Å². The van der Waals surface area contributed by atoms with Crippen LogP contribution in [0.1, 0.15) is 42.0 Å². The lowest BCUT2D eigenvalue weighted by molar-refractivity contribution is 0.0770. The zero-order valence-electron chi connectivity index (χ0n) is 20.2. The molecule has 1 saturated heterocycles. The predicted molar refractivity (Wildman–Crippen MR) is 126 cm³/mol. The molecule has 0 aliphatic carbocycles. The van der Waals surface area contributed by atoms with E-state index in [1.807, 2.05) is 52.8 Å². The molecule has 0 bridgehead atoms. The summed E-state index contributed by atoms with van der Waals surface area (Å²) in [6, 6.07) is 0. The summed E-state index contributed by atoms with van der Waals surface area (Å²) < 4.78 is 12.0. The van der Waals surface area contributed by atoms with Gasteiger partial charge in [0.1, 0.15) is 18.3 Å². The van der Waals surface area contributed by atoms with Crippen LogP contribution in [0.3, 0.4) is 0 Å². The first-order valence-corrected chi connectivity index (χ1v) is 11.6. The third kappa shape index (κ3) is 3.51. The highest BCUT2D eigenvalue weighted by atomic mass is 16.5. The Kier molecular flexibility index (Phi) is 5.54. The molecule has 1 aliphatic heterocycles. The van der Waals surface area contributed by atoms with E-state index in [1.165, 1.54) is 6.33 Å². The average Bonchev–Trinajstić information content (AvgIpc) is 3.60. The van der Waals surface area contributed by atoms with Crippen LogP contribution in [-0.2, 0) is 20.1 Å². The number of carbonyl (C=O) groups excluding carboxylic acids is 1. The highest BCUT2D eigenvalue weighted by molar-refractivity contribution is 5.95. The van der Waals surface area contributed by atoms with Crippen LogP contribution in [0.15, 0.2) is 18.7 Å². The number of imidazole rings is 1. The third-order valence-electron chi connectivity index (χ3n) is 6.61. The number of aromatic nitrogens is 8. The topological polar surface area (TPSA) is 109 Å². The number of nitrogens with zero attached hydrogens (tertiary/aromatic N) is 9. The van der Waals surface area contributed by atoms with Crippen molar-refractivity contribution in [2.75, 3.05) is 13.1 Å². The van der Waals surface area contributed by atoms with Gasteiger partial charge in [-0.15, -0.1) is 0 Å². The number of likely N-dealkylation sites (tertiary alicyclic amines) is 1. The highest BCUT2D eigenvalue weighted by Crippen LogP contribution is 2.30. The lowest BCUT2D eigenvalue weighted by Gasteiger charge is -2.17. The molecule has 0 aromatic carbocycles. The van der Waals surface area contributed by atoms with Gasteiger partial charge in [0, 0.05) is 44.5 Å². The fourth-order valence-corrected chi connectivity index (χ4v) is 4.60. The van der Waals surface area contributed by atoms with E-state index in [9.17, 15) is 4.79 Å². The summed E-state index contributed by atoms with van der Waals surface area (Å²) in [6.07, 6.45) is 5.53. The van der Waals surface area contributed by atoms with E-state index in [-0.39, 0.29) is 12.0 Å². The molecule has 5 rings (SSSR count). The molecule has 11 heteroatoms. The summed E-state index contributed by atoms with van der Waals surface area (Å²) >= 11 is 0. The molecule has 5 heterocycles. The largest absolute Gasteiger partial charge is 0.471 e. The molecule has 178 valence electrons.